The molecule has 0 saturated heterocycles. The molecule has 1 aliphatic carbocycles. The van der Waals surface area contributed by atoms with Gasteiger partial charge in [-0.15, -0.1) is 11.3 Å². The molecule has 0 atom stereocenters. The Kier molecular flexibility index (Phi) is 4.42. The molecule has 0 unspecified atom stereocenters. The third kappa shape index (κ3) is 3.32. The van der Waals surface area contributed by atoms with Crippen molar-refractivity contribution in [1.82, 2.24) is 0 Å². The van der Waals surface area contributed by atoms with Crippen LogP contribution in [0.4, 0.5) is 0 Å². The lowest BCUT2D eigenvalue weighted by Gasteiger charge is -2.32. The normalized spacial score (nSPS) is 15.7. The monoisotopic (exact) mass is 356 g/mol. The van der Waals surface area contributed by atoms with Crippen molar-refractivity contribution in [2.24, 2.45) is 0 Å². The van der Waals surface area contributed by atoms with Crippen molar-refractivity contribution in [2.45, 2.75) is 32.6 Å². The fraction of sp³-hybridized carbons (Fsp3) is 0.200. The first-order chi connectivity index (χ1) is 12.5. The topological polar surface area (TPSA) is 0 Å². The van der Waals surface area contributed by atoms with Crippen LogP contribution in [0.15, 0.2) is 66.1 Å². The van der Waals surface area contributed by atoms with Gasteiger partial charge >= 0.3 is 0 Å². The van der Waals surface area contributed by atoms with E-state index in [1.54, 1.807) is 0 Å². The van der Waals surface area contributed by atoms with Gasteiger partial charge in [-0.1, -0.05) is 80.1 Å². The van der Waals surface area contributed by atoms with Crippen molar-refractivity contribution in [2.75, 3.05) is 0 Å². The summed E-state index contributed by atoms with van der Waals surface area (Å²) in [7, 11) is 0. The van der Waals surface area contributed by atoms with Gasteiger partial charge in [0.05, 0.1) is 0 Å². The Hall–Kier alpha value is -2.38. The Labute approximate surface area is 160 Å². The molecule has 26 heavy (non-hydrogen) atoms. The zero-order valence-electron chi connectivity index (χ0n) is 15.6. The number of benzene rings is 2. The van der Waals surface area contributed by atoms with E-state index in [0.29, 0.717) is 0 Å². The van der Waals surface area contributed by atoms with Gasteiger partial charge in [-0.2, -0.15) is 0 Å². The van der Waals surface area contributed by atoms with Crippen LogP contribution in [0.25, 0.3) is 17.7 Å². The summed E-state index contributed by atoms with van der Waals surface area (Å²) >= 11 is 1.82. The highest BCUT2D eigenvalue weighted by molar-refractivity contribution is 7.11. The Morgan fingerprint density at radius 2 is 1.65 bits per heavy atom. The summed E-state index contributed by atoms with van der Waals surface area (Å²) in [5, 5.41) is 2.16. The van der Waals surface area contributed by atoms with Gasteiger partial charge in [-0.25, -0.2) is 0 Å². The largest absolute Gasteiger partial charge is 0.144 e. The summed E-state index contributed by atoms with van der Waals surface area (Å²) in [5.74, 6) is 0. The Morgan fingerprint density at radius 3 is 2.38 bits per heavy atom. The Bertz CT molecular complexity index is 968. The predicted molar refractivity (Wildman–Crippen MR) is 116 cm³/mol. The maximum absolute atomic E-state index is 2.42. The van der Waals surface area contributed by atoms with Crippen LogP contribution in [0.1, 0.15) is 53.0 Å². The molecule has 1 aliphatic rings. The highest BCUT2D eigenvalue weighted by atomic mass is 32.1. The van der Waals surface area contributed by atoms with Crippen LogP contribution in [-0.2, 0) is 5.41 Å². The fourth-order valence-corrected chi connectivity index (χ4v) is 4.37. The summed E-state index contributed by atoms with van der Waals surface area (Å²) in [4.78, 5) is 1.36. The lowest BCUT2D eigenvalue weighted by Crippen LogP contribution is -2.21. The first-order valence-electron chi connectivity index (χ1n) is 9.17. The third-order valence-corrected chi connectivity index (χ3v) is 6.11. The lowest BCUT2D eigenvalue weighted by molar-refractivity contribution is 0.527. The molecule has 1 heterocycles. The molecule has 0 nitrogen and oxygen atoms in total. The molecule has 3 aromatic rings. The standard InChI is InChI=1S/C25H24S/c1-18-6-8-19(9-7-18)10-11-20-12-13-23-22(17-20)21(14-15-25(23,2)3)24-5-4-16-26-24/h4-14,16-17H,15H2,1-3H3/b11-10+. The van der Waals surface area contributed by atoms with E-state index < -0.39 is 0 Å². The van der Waals surface area contributed by atoms with E-state index in [9.17, 15) is 0 Å². The quantitative estimate of drug-likeness (QED) is 0.431. The summed E-state index contributed by atoms with van der Waals surface area (Å²) in [5.41, 5.74) is 8.21. The molecule has 0 spiro atoms. The minimum atomic E-state index is 0.190. The zero-order chi connectivity index (χ0) is 18.1. The molecule has 0 aliphatic heterocycles. The molecule has 0 fully saturated rings. The van der Waals surface area contributed by atoms with E-state index in [1.807, 2.05) is 11.3 Å². The van der Waals surface area contributed by atoms with Gasteiger partial charge < -0.3 is 0 Å². The van der Waals surface area contributed by atoms with Crippen LogP contribution in [0.5, 0.6) is 0 Å². The highest BCUT2D eigenvalue weighted by Gasteiger charge is 2.28. The number of allylic oxidation sites excluding steroid dienone is 1. The molecule has 0 bridgehead atoms. The number of hydrogen-bond acceptors (Lipinski definition) is 1. The zero-order valence-corrected chi connectivity index (χ0v) is 16.4. The maximum Gasteiger partial charge on any atom is 0.0345 e. The molecular weight excluding hydrogens is 332 g/mol. The van der Waals surface area contributed by atoms with E-state index in [2.05, 4.69) is 99.0 Å². The molecule has 0 N–H and O–H groups in total. The minimum Gasteiger partial charge on any atom is -0.144 e. The van der Waals surface area contributed by atoms with Crippen LogP contribution in [0.3, 0.4) is 0 Å². The van der Waals surface area contributed by atoms with Crippen LogP contribution in [0, 0.1) is 6.92 Å². The van der Waals surface area contributed by atoms with Gasteiger partial charge in [0, 0.05) is 4.88 Å². The number of thiophene rings is 1. The van der Waals surface area contributed by atoms with Crippen molar-refractivity contribution < 1.29 is 0 Å². The van der Waals surface area contributed by atoms with Crippen molar-refractivity contribution in [3.63, 3.8) is 0 Å². The molecule has 0 saturated carbocycles. The second kappa shape index (κ2) is 6.74. The second-order valence-corrected chi connectivity index (χ2v) is 8.68. The van der Waals surface area contributed by atoms with E-state index >= 15 is 0 Å². The predicted octanol–water partition coefficient (Wildman–Crippen LogP) is 7.34. The molecule has 1 heteroatoms. The van der Waals surface area contributed by atoms with E-state index in [0.717, 1.165) is 6.42 Å². The van der Waals surface area contributed by atoms with Gasteiger partial charge in [0.1, 0.15) is 0 Å². The van der Waals surface area contributed by atoms with E-state index in [1.165, 1.54) is 38.3 Å². The number of aryl methyl sites for hydroxylation is 1. The lowest BCUT2D eigenvalue weighted by atomic mass is 9.73. The van der Waals surface area contributed by atoms with Gasteiger partial charge in [0.25, 0.3) is 0 Å². The first kappa shape index (κ1) is 17.1. The number of fused-ring (bicyclic) bond motifs is 1. The summed E-state index contributed by atoms with van der Waals surface area (Å²) in [6.07, 6.45) is 7.93. The van der Waals surface area contributed by atoms with E-state index in [-0.39, 0.29) is 5.41 Å². The maximum atomic E-state index is 2.42. The summed E-state index contributed by atoms with van der Waals surface area (Å²) < 4.78 is 0. The molecule has 2 aromatic carbocycles. The molecule has 130 valence electrons. The second-order valence-electron chi connectivity index (χ2n) is 7.73. The molecular formula is C25H24S. The summed E-state index contributed by atoms with van der Waals surface area (Å²) in [6.45, 7) is 6.81. The minimum absolute atomic E-state index is 0.190. The van der Waals surface area contributed by atoms with Crippen LogP contribution in [0.2, 0.25) is 0 Å². The smallest absolute Gasteiger partial charge is 0.0345 e. The van der Waals surface area contributed by atoms with Crippen LogP contribution in [-0.4, -0.2) is 0 Å². The molecule has 0 amide bonds. The molecule has 0 radical (unpaired) electrons. The number of hydrogen-bond donors (Lipinski definition) is 0. The van der Waals surface area contributed by atoms with Crippen LogP contribution >= 0.6 is 11.3 Å². The first-order valence-corrected chi connectivity index (χ1v) is 10.0. The van der Waals surface area contributed by atoms with Gasteiger partial charge in [-0.05, 0) is 64.1 Å². The SMILES string of the molecule is Cc1ccc(/C=C/c2ccc3c(c2)C(c2cccs2)=CCC3(C)C)cc1. The molecule has 1 aromatic heterocycles. The summed E-state index contributed by atoms with van der Waals surface area (Å²) in [6, 6.07) is 20.0. The Morgan fingerprint density at radius 1 is 0.923 bits per heavy atom. The number of rotatable bonds is 3. The van der Waals surface area contributed by atoms with Crippen molar-refractivity contribution in [3.05, 3.63) is 98.7 Å². The Balaban J connectivity index is 1.73. The highest BCUT2D eigenvalue weighted by Crippen LogP contribution is 2.42. The van der Waals surface area contributed by atoms with Crippen molar-refractivity contribution in [1.29, 1.82) is 0 Å². The van der Waals surface area contributed by atoms with Crippen molar-refractivity contribution in [3.8, 4) is 0 Å². The van der Waals surface area contributed by atoms with Crippen molar-refractivity contribution >= 4 is 29.1 Å². The average molecular weight is 357 g/mol. The molecule has 4 rings (SSSR count). The fourth-order valence-electron chi connectivity index (χ4n) is 3.59. The average Bonchev–Trinajstić information content (AvgIpc) is 3.15. The van der Waals surface area contributed by atoms with Crippen LogP contribution < -0.4 is 0 Å². The third-order valence-electron chi connectivity index (χ3n) is 5.21. The van der Waals surface area contributed by atoms with Gasteiger partial charge in [0.2, 0.25) is 0 Å². The van der Waals surface area contributed by atoms with E-state index in [4.69, 9.17) is 0 Å². The van der Waals surface area contributed by atoms with Gasteiger partial charge in [0.15, 0.2) is 0 Å². The van der Waals surface area contributed by atoms with Gasteiger partial charge in [-0.3, -0.25) is 0 Å².